The van der Waals surface area contributed by atoms with Gasteiger partial charge in [-0.3, -0.25) is 0 Å². The second kappa shape index (κ2) is 5.97. The highest BCUT2D eigenvalue weighted by atomic mass is 16.5. The SMILES string of the molecule is COc1cccc(OC)c1C(O)c1ccc(C)cc1C. The van der Waals surface area contributed by atoms with Crippen molar-refractivity contribution in [2.24, 2.45) is 0 Å². The highest BCUT2D eigenvalue weighted by Crippen LogP contribution is 2.38. The van der Waals surface area contributed by atoms with Crippen LogP contribution in [0, 0.1) is 13.8 Å². The topological polar surface area (TPSA) is 38.7 Å². The van der Waals surface area contributed by atoms with E-state index >= 15 is 0 Å². The van der Waals surface area contributed by atoms with Crippen LogP contribution in [0.4, 0.5) is 0 Å². The van der Waals surface area contributed by atoms with E-state index < -0.39 is 6.10 Å². The van der Waals surface area contributed by atoms with Crippen LogP contribution in [0.15, 0.2) is 36.4 Å². The van der Waals surface area contributed by atoms with Gasteiger partial charge in [-0.1, -0.05) is 29.8 Å². The zero-order chi connectivity index (χ0) is 14.7. The average molecular weight is 272 g/mol. The van der Waals surface area contributed by atoms with Gasteiger partial charge in [0.25, 0.3) is 0 Å². The first-order valence-corrected chi connectivity index (χ1v) is 6.54. The molecule has 0 aliphatic heterocycles. The molecule has 2 aromatic rings. The number of aryl methyl sites for hydroxylation is 2. The molecule has 106 valence electrons. The lowest BCUT2D eigenvalue weighted by Crippen LogP contribution is -2.06. The molecule has 1 unspecified atom stereocenters. The van der Waals surface area contributed by atoms with Crippen LogP contribution < -0.4 is 9.47 Å². The van der Waals surface area contributed by atoms with E-state index in [-0.39, 0.29) is 0 Å². The van der Waals surface area contributed by atoms with Crippen molar-refractivity contribution in [3.05, 3.63) is 58.7 Å². The quantitative estimate of drug-likeness (QED) is 0.927. The molecule has 1 atom stereocenters. The summed E-state index contributed by atoms with van der Waals surface area (Å²) < 4.78 is 10.7. The van der Waals surface area contributed by atoms with Crippen LogP contribution >= 0.6 is 0 Å². The average Bonchev–Trinajstić information content (AvgIpc) is 2.45. The van der Waals surface area contributed by atoms with Gasteiger partial charge in [-0.25, -0.2) is 0 Å². The summed E-state index contributed by atoms with van der Waals surface area (Å²) in [6, 6.07) is 11.5. The van der Waals surface area contributed by atoms with E-state index in [0.717, 1.165) is 11.1 Å². The smallest absolute Gasteiger partial charge is 0.128 e. The fraction of sp³-hybridized carbons (Fsp3) is 0.294. The molecule has 0 radical (unpaired) electrons. The van der Waals surface area contributed by atoms with E-state index in [0.29, 0.717) is 17.1 Å². The predicted octanol–water partition coefficient (Wildman–Crippen LogP) is 3.40. The Balaban J connectivity index is 2.55. The summed E-state index contributed by atoms with van der Waals surface area (Å²) in [5.41, 5.74) is 3.73. The fourth-order valence-electron chi connectivity index (χ4n) is 2.44. The predicted molar refractivity (Wildman–Crippen MR) is 79.5 cm³/mol. The van der Waals surface area contributed by atoms with E-state index in [2.05, 4.69) is 6.07 Å². The minimum atomic E-state index is -0.776. The molecule has 0 heterocycles. The van der Waals surface area contributed by atoms with E-state index in [4.69, 9.17) is 9.47 Å². The number of benzene rings is 2. The van der Waals surface area contributed by atoms with Crippen LogP contribution in [0.25, 0.3) is 0 Å². The molecule has 3 heteroatoms. The van der Waals surface area contributed by atoms with Crippen molar-refractivity contribution < 1.29 is 14.6 Å². The van der Waals surface area contributed by atoms with Crippen molar-refractivity contribution in [1.29, 1.82) is 0 Å². The zero-order valence-electron chi connectivity index (χ0n) is 12.3. The van der Waals surface area contributed by atoms with Gasteiger partial charge in [0.2, 0.25) is 0 Å². The summed E-state index contributed by atoms with van der Waals surface area (Å²) in [5.74, 6) is 1.24. The van der Waals surface area contributed by atoms with Crippen molar-refractivity contribution in [3.63, 3.8) is 0 Å². The lowest BCUT2D eigenvalue weighted by atomic mass is 9.95. The van der Waals surface area contributed by atoms with Crippen molar-refractivity contribution in [2.45, 2.75) is 20.0 Å². The van der Waals surface area contributed by atoms with E-state index in [1.807, 2.05) is 44.2 Å². The number of hydrogen-bond acceptors (Lipinski definition) is 3. The van der Waals surface area contributed by atoms with Crippen molar-refractivity contribution >= 4 is 0 Å². The summed E-state index contributed by atoms with van der Waals surface area (Å²) in [6.07, 6.45) is -0.776. The molecule has 1 N–H and O–H groups in total. The summed E-state index contributed by atoms with van der Waals surface area (Å²) in [5, 5.41) is 10.7. The highest BCUT2D eigenvalue weighted by molar-refractivity contribution is 5.51. The van der Waals surface area contributed by atoms with E-state index in [1.54, 1.807) is 14.2 Å². The summed E-state index contributed by atoms with van der Waals surface area (Å²) in [6.45, 7) is 4.03. The molecule has 0 saturated carbocycles. The Labute approximate surface area is 119 Å². The van der Waals surface area contributed by atoms with Gasteiger partial charge < -0.3 is 14.6 Å². The van der Waals surface area contributed by atoms with E-state index in [1.165, 1.54) is 5.56 Å². The van der Waals surface area contributed by atoms with Crippen LogP contribution in [0.1, 0.15) is 28.4 Å². The third kappa shape index (κ3) is 2.63. The minimum Gasteiger partial charge on any atom is -0.496 e. The Morgan fingerprint density at radius 3 is 2.05 bits per heavy atom. The summed E-state index contributed by atoms with van der Waals surface area (Å²) >= 11 is 0. The highest BCUT2D eigenvalue weighted by Gasteiger charge is 2.21. The van der Waals surface area contributed by atoms with Crippen LogP contribution in [0.3, 0.4) is 0 Å². The Bertz CT molecular complexity index is 583. The minimum absolute atomic E-state index is 0.622. The first-order valence-electron chi connectivity index (χ1n) is 6.54. The number of methoxy groups -OCH3 is 2. The van der Waals surface area contributed by atoms with Gasteiger partial charge in [-0.05, 0) is 37.1 Å². The van der Waals surface area contributed by atoms with Crippen molar-refractivity contribution in [2.75, 3.05) is 14.2 Å². The molecule has 0 amide bonds. The third-order valence-electron chi connectivity index (χ3n) is 3.46. The monoisotopic (exact) mass is 272 g/mol. The molecule has 0 spiro atoms. The second-order valence-electron chi connectivity index (χ2n) is 4.84. The van der Waals surface area contributed by atoms with Gasteiger partial charge >= 0.3 is 0 Å². The molecule has 2 aromatic carbocycles. The standard InChI is InChI=1S/C17H20O3/c1-11-8-9-13(12(2)10-11)17(18)16-14(19-3)6-5-7-15(16)20-4/h5-10,17-18H,1-4H3. The van der Waals surface area contributed by atoms with Gasteiger partial charge in [0, 0.05) is 0 Å². The molecule has 0 aliphatic rings. The maximum absolute atomic E-state index is 10.7. The summed E-state index contributed by atoms with van der Waals surface area (Å²) in [7, 11) is 3.18. The molecule has 0 bridgehead atoms. The number of rotatable bonds is 4. The van der Waals surface area contributed by atoms with Crippen LogP contribution in [0.5, 0.6) is 11.5 Å². The number of hydrogen-bond donors (Lipinski definition) is 1. The Morgan fingerprint density at radius 1 is 0.950 bits per heavy atom. The lowest BCUT2D eigenvalue weighted by Gasteiger charge is -2.20. The van der Waals surface area contributed by atoms with Gasteiger partial charge in [0.1, 0.15) is 17.6 Å². The maximum Gasteiger partial charge on any atom is 0.128 e. The Morgan fingerprint density at radius 2 is 1.55 bits per heavy atom. The largest absolute Gasteiger partial charge is 0.496 e. The van der Waals surface area contributed by atoms with E-state index in [9.17, 15) is 5.11 Å². The number of aliphatic hydroxyl groups excluding tert-OH is 1. The maximum atomic E-state index is 10.7. The molecule has 0 aliphatic carbocycles. The molecule has 0 aromatic heterocycles. The van der Waals surface area contributed by atoms with Gasteiger partial charge in [-0.2, -0.15) is 0 Å². The van der Waals surface area contributed by atoms with Gasteiger partial charge in [0.05, 0.1) is 19.8 Å². The first-order chi connectivity index (χ1) is 9.58. The van der Waals surface area contributed by atoms with Crippen LogP contribution in [0.2, 0.25) is 0 Å². The van der Waals surface area contributed by atoms with Crippen LogP contribution in [-0.4, -0.2) is 19.3 Å². The lowest BCUT2D eigenvalue weighted by molar-refractivity contribution is 0.208. The zero-order valence-corrected chi connectivity index (χ0v) is 12.3. The Hall–Kier alpha value is -2.00. The second-order valence-corrected chi connectivity index (χ2v) is 4.84. The van der Waals surface area contributed by atoms with Crippen molar-refractivity contribution in [1.82, 2.24) is 0 Å². The molecule has 0 saturated heterocycles. The molecule has 3 nitrogen and oxygen atoms in total. The summed E-state index contributed by atoms with van der Waals surface area (Å²) in [4.78, 5) is 0. The normalized spacial score (nSPS) is 12.1. The molecular formula is C17H20O3. The molecular weight excluding hydrogens is 252 g/mol. The number of ether oxygens (including phenoxy) is 2. The first kappa shape index (κ1) is 14.4. The third-order valence-corrected chi connectivity index (χ3v) is 3.46. The molecule has 2 rings (SSSR count). The van der Waals surface area contributed by atoms with Crippen molar-refractivity contribution in [3.8, 4) is 11.5 Å². The fourth-order valence-corrected chi connectivity index (χ4v) is 2.44. The van der Waals surface area contributed by atoms with Crippen LogP contribution in [-0.2, 0) is 0 Å². The molecule has 0 fully saturated rings. The number of aliphatic hydroxyl groups is 1. The van der Waals surface area contributed by atoms with Gasteiger partial charge in [-0.15, -0.1) is 0 Å². The molecule has 20 heavy (non-hydrogen) atoms. The Kier molecular flexibility index (Phi) is 4.30. The van der Waals surface area contributed by atoms with Gasteiger partial charge in [0.15, 0.2) is 0 Å².